The van der Waals surface area contributed by atoms with Gasteiger partial charge in [-0.1, -0.05) is 18.2 Å². The number of nitrogens with zero attached hydrogens (tertiary/aromatic N) is 3. The van der Waals surface area contributed by atoms with Crippen LogP contribution in [0.5, 0.6) is 0 Å². The molecule has 2 amide bonds. The van der Waals surface area contributed by atoms with Gasteiger partial charge in [-0.2, -0.15) is 16.9 Å². The normalized spacial score (nSPS) is 16.6. The Morgan fingerprint density at radius 3 is 2.52 bits per heavy atom. The summed E-state index contributed by atoms with van der Waals surface area (Å²) in [6.45, 7) is 4.18. The Morgan fingerprint density at radius 1 is 1.17 bits per heavy atom. The van der Waals surface area contributed by atoms with Crippen LogP contribution in [0.15, 0.2) is 24.3 Å². The quantitative estimate of drug-likeness (QED) is 0.927. The second kappa shape index (κ2) is 6.62. The third kappa shape index (κ3) is 3.06. The number of rotatable bonds is 3. The van der Waals surface area contributed by atoms with Crippen LogP contribution in [0, 0.1) is 0 Å². The summed E-state index contributed by atoms with van der Waals surface area (Å²) in [4.78, 5) is 28.5. The van der Waals surface area contributed by atoms with Gasteiger partial charge in [-0.25, -0.2) is 0 Å². The van der Waals surface area contributed by atoms with Crippen molar-refractivity contribution in [1.82, 2.24) is 20.0 Å². The smallest absolute Gasteiger partial charge is 0.275 e. The maximum absolute atomic E-state index is 12.7. The van der Waals surface area contributed by atoms with Crippen molar-refractivity contribution in [1.29, 1.82) is 0 Å². The summed E-state index contributed by atoms with van der Waals surface area (Å²) in [5.74, 6) is 0.0716. The van der Waals surface area contributed by atoms with Gasteiger partial charge in [0.1, 0.15) is 0 Å². The average Bonchev–Trinajstić information content (AvgIpc) is 3.04. The maximum Gasteiger partial charge on any atom is 0.275 e. The molecule has 7 heteroatoms. The summed E-state index contributed by atoms with van der Waals surface area (Å²) < 4.78 is 0. The molecular formula is C16H20N4O2S. The van der Waals surface area contributed by atoms with Crippen LogP contribution in [-0.2, 0) is 4.79 Å². The van der Waals surface area contributed by atoms with E-state index in [0.717, 1.165) is 10.9 Å². The van der Waals surface area contributed by atoms with Crippen molar-refractivity contribution in [3.8, 4) is 0 Å². The molecule has 1 aliphatic rings. The fraction of sp³-hybridized carbons (Fsp3) is 0.438. The highest BCUT2D eigenvalue weighted by atomic mass is 32.2. The van der Waals surface area contributed by atoms with E-state index in [9.17, 15) is 9.59 Å². The molecule has 0 radical (unpaired) electrons. The lowest BCUT2D eigenvalue weighted by Crippen LogP contribution is -2.52. The number of thioether (sulfide) groups is 1. The van der Waals surface area contributed by atoms with E-state index in [1.807, 2.05) is 42.3 Å². The molecule has 2 aromatic rings. The van der Waals surface area contributed by atoms with E-state index in [1.165, 1.54) is 0 Å². The Balaban J connectivity index is 1.68. The minimum atomic E-state index is -0.0764. The fourth-order valence-electron chi connectivity index (χ4n) is 2.76. The number of para-hydroxylation sites is 1. The first-order chi connectivity index (χ1) is 11.1. The van der Waals surface area contributed by atoms with Gasteiger partial charge in [-0.3, -0.25) is 14.7 Å². The number of fused-ring (bicyclic) bond motifs is 1. The molecule has 122 valence electrons. The number of piperazine rings is 1. The molecule has 6 nitrogen and oxygen atoms in total. The Hall–Kier alpha value is -2.02. The lowest BCUT2D eigenvalue weighted by Gasteiger charge is -2.35. The standard InChI is InChI=1S/C16H20N4O2S/c1-11(23-2)15(21)19-7-9-20(10-8-19)16(22)14-12-5-3-4-6-13(12)17-18-14/h3-6,11H,7-10H2,1-2H3,(H,17,18)/t11-/m0/s1. The van der Waals surface area contributed by atoms with E-state index in [4.69, 9.17) is 0 Å². The fourth-order valence-corrected chi connectivity index (χ4v) is 3.11. The summed E-state index contributed by atoms with van der Waals surface area (Å²) in [7, 11) is 0. The van der Waals surface area contributed by atoms with Crippen molar-refractivity contribution in [3.63, 3.8) is 0 Å². The number of amides is 2. The van der Waals surface area contributed by atoms with Crippen molar-refractivity contribution in [2.75, 3.05) is 32.4 Å². The highest BCUT2D eigenvalue weighted by Gasteiger charge is 2.28. The summed E-state index contributed by atoms with van der Waals surface area (Å²) in [5, 5.41) is 7.86. The second-order valence-electron chi connectivity index (χ2n) is 5.61. The van der Waals surface area contributed by atoms with Crippen LogP contribution in [-0.4, -0.2) is 69.5 Å². The number of carbonyl (C=O) groups excluding carboxylic acids is 2. The van der Waals surface area contributed by atoms with Crippen LogP contribution in [0.1, 0.15) is 17.4 Å². The molecule has 1 fully saturated rings. The molecule has 0 bridgehead atoms. The van der Waals surface area contributed by atoms with E-state index in [-0.39, 0.29) is 17.1 Å². The molecular weight excluding hydrogens is 312 g/mol. The van der Waals surface area contributed by atoms with Crippen LogP contribution < -0.4 is 0 Å². The predicted molar refractivity (Wildman–Crippen MR) is 91.6 cm³/mol. The van der Waals surface area contributed by atoms with Crippen LogP contribution in [0.4, 0.5) is 0 Å². The SMILES string of the molecule is CS[C@@H](C)C(=O)N1CCN(C(=O)c2n[nH]c3ccccc23)CC1. The first-order valence-electron chi connectivity index (χ1n) is 7.65. The van der Waals surface area contributed by atoms with E-state index in [2.05, 4.69) is 10.2 Å². The Morgan fingerprint density at radius 2 is 1.83 bits per heavy atom. The lowest BCUT2D eigenvalue weighted by molar-refractivity contribution is -0.131. The maximum atomic E-state index is 12.7. The van der Waals surface area contributed by atoms with Gasteiger partial charge in [-0.15, -0.1) is 0 Å². The topological polar surface area (TPSA) is 69.3 Å². The summed E-state index contributed by atoms with van der Waals surface area (Å²) in [6.07, 6.45) is 1.94. The van der Waals surface area contributed by atoms with E-state index < -0.39 is 0 Å². The molecule has 0 spiro atoms. The number of hydrogen-bond donors (Lipinski definition) is 1. The van der Waals surface area contributed by atoms with Crippen molar-refractivity contribution >= 4 is 34.5 Å². The van der Waals surface area contributed by atoms with E-state index in [0.29, 0.717) is 31.9 Å². The number of nitrogens with one attached hydrogen (secondary N) is 1. The highest BCUT2D eigenvalue weighted by molar-refractivity contribution is 7.99. The van der Waals surface area contributed by atoms with Crippen LogP contribution in [0.25, 0.3) is 10.9 Å². The van der Waals surface area contributed by atoms with Gasteiger partial charge in [0, 0.05) is 31.6 Å². The molecule has 1 aromatic carbocycles. The zero-order valence-corrected chi connectivity index (χ0v) is 14.1. The summed E-state index contributed by atoms with van der Waals surface area (Å²) in [6, 6.07) is 7.60. The third-order valence-electron chi connectivity index (χ3n) is 4.25. The molecule has 1 saturated heterocycles. The van der Waals surface area contributed by atoms with Crippen molar-refractivity contribution in [2.45, 2.75) is 12.2 Å². The first kappa shape index (κ1) is 15.9. The zero-order chi connectivity index (χ0) is 16.4. The Labute approximate surface area is 139 Å². The minimum absolute atomic E-state index is 0.0347. The molecule has 1 aromatic heterocycles. The second-order valence-corrected chi connectivity index (χ2v) is 6.79. The van der Waals surface area contributed by atoms with Crippen molar-refractivity contribution in [3.05, 3.63) is 30.0 Å². The van der Waals surface area contributed by atoms with Crippen LogP contribution in [0.2, 0.25) is 0 Å². The molecule has 3 rings (SSSR count). The predicted octanol–water partition coefficient (Wildman–Crippen LogP) is 1.60. The average molecular weight is 332 g/mol. The van der Waals surface area contributed by atoms with Crippen molar-refractivity contribution in [2.24, 2.45) is 0 Å². The van der Waals surface area contributed by atoms with Gasteiger partial charge in [-0.05, 0) is 19.2 Å². The molecule has 0 saturated carbocycles. The molecule has 23 heavy (non-hydrogen) atoms. The van der Waals surface area contributed by atoms with E-state index in [1.54, 1.807) is 16.7 Å². The number of benzene rings is 1. The molecule has 0 aliphatic carbocycles. The van der Waals surface area contributed by atoms with Gasteiger partial charge >= 0.3 is 0 Å². The Bertz CT molecular complexity index is 722. The summed E-state index contributed by atoms with van der Waals surface area (Å²) >= 11 is 1.55. The number of aromatic nitrogens is 2. The molecule has 1 aliphatic heterocycles. The third-order valence-corrected chi connectivity index (χ3v) is 5.16. The summed E-state index contributed by atoms with van der Waals surface area (Å²) in [5.41, 5.74) is 1.32. The van der Waals surface area contributed by atoms with Gasteiger partial charge in [0.15, 0.2) is 5.69 Å². The van der Waals surface area contributed by atoms with Gasteiger partial charge in [0.2, 0.25) is 5.91 Å². The number of carbonyl (C=O) groups is 2. The van der Waals surface area contributed by atoms with Crippen LogP contribution in [0.3, 0.4) is 0 Å². The number of H-pyrrole nitrogens is 1. The van der Waals surface area contributed by atoms with Gasteiger partial charge in [0.25, 0.3) is 5.91 Å². The Kier molecular flexibility index (Phi) is 4.56. The molecule has 0 unspecified atom stereocenters. The van der Waals surface area contributed by atoms with E-state index >= 15 is 0 Å². The van der Waals surface area contributed by atoms with Gasteiger partial charge in [0.05, 0.1) is 10.8 Å². The number of aromatic amines is 1. The lowest BCUT2D eigenvalue weighted by atomic mass is 10.2. The molecule has 1 N–H and O–H groups in total. The minimum Gasteiger partial charge on any atom is -0.338 e. The molecule has 2 heterocycles. The first-order valence-corrected chi connectivity index (χ1v) is 8.94. The molecule has 1 atom stereocenters. The number of hydrogen-bond acceptors (Lipinski definition) is 4. The highest BCUT2D eigenvalue weighted by Crippen LogP contribution is 2.18. The largest absolute Gasteiger partial charge is 0.338 e. The van der Waals surface area contributed by atoms with Crippen molar-refractivity contribution < 1.29 is 9.59 Å². The monoisotopic (exact) mass is 332 g/mol. The van der Waals surface area contributed by atoms with Crippen LogP contribution >= 0.6 is 11.8 Å². The zero-order valence-electron chi connectivity index (χ0n) is 13.3. The van der Waals surface area contributed by atoms with Gasteiger partial charge < -0.3 is 9.80 Å².